The van der Waals surface area contributed by atoms with E-state index in [4.69, 9.17) is 5.11 Å². The van der Waals surface area contributed by atoms with E-state index in [1.807, 2.05) is 0 Å². The molecule has 0 saturated heterocycles. The van der Waals surface area contributed by atoms with Gasteiger partial charge in [0.15, 0.2) is 5.03 Å². The quantitative estimate of drug-likeness (QED) is 0.836. The van der Waals surface area contributed by atoms with Crippen LogP contribution in [0.2, 0.25) is 0 Å². The number of carboxylic acids is 1. The van der Waals surface area contributed by atoms with E-state index in [9.17, 15) is 13.2 Å². The molecule has 21 heavy (non-hydrogen) atoms. The number of carboxylic acid groups (broad SMARTS) is 1. The summed E-state index contributed by atoms with van der Waals surface area (Å²) in [6.45, 7) is 0. The number of benzene rings is 1. The molecule has 0 atom stereocenters. The second kappa shape index (κ2) is 5.96. The lowest BCUT2D eigenvalue weighted by Crippen LogP contribution is -2.16. The predicted molar refractivity (Wildman–Crippen MR) is 76.4 cm³/mol. The summed E-state index contributed by atoms with van der Waals surface area (Å²) >= 11 is 0. The molecule has 1 heterocycles. The Morgan fingerprint density at radius 1 is 1.38 bits per heavy atom. The van der Waals surface area contributed by atoms with E-state index in [0.717, 1.165) is 5.56 Å². The summed E-state index contributed by atoms with van der Waals surface area (Å²) in [6.07, 6.45) is 1.74. The number of rotatable bonds is 6. The minimum Gasteiger partial charge on any atom is -0.481 e. The number of hydrogen-bond donors (Lipinski definition) is 2. The molecule has 0 aliphatic heterocycles. The van der Waals surface area contributed by atoms with Gasteiger partial charge in [-0.3, -0.25) is 14.2 Å². The molecule has 2 rings (SSSR count). The smallest absolute Gasteiger partial charge is 0.303 e. The molecular formula is C13H15N3O4S. The fourth-order valence-electron chi connectivity index (χ4n) is 1.87. The number of carbonyl (C=O) groups is 1. The average molecular weight is 309 g/mol. The van der Waals surface area contributed by atoms with Crippen molar-refractivity contribution in [1.29, 1.82) is 0 Å². The second-order valence-electron chi connectivity index (χ2n) is 4.49. The maximum atomic E-state index is 12.2. The van der Waals surface area contributed by atoms with E-state index in [1.165, 1.54) is 24.0 Å². The number of anilines is 1. The molecule has 0 saturated carbocycles. The minimum absolute atomic E-state index is 0.00205. The normalized spacial score (nSPS) is 11.3. The largest absolute Gasteiger partial charge is 0.481 e. The third-order valence-corrected chi connectivity index (χ3v) is 4.31. The van der Waals surface area contributed by atoms with Crippen molar-refractivity contribution in [1.82, 2.24) is 9.78 Å². The van der Waals surface area contributed by atoms with Crippen LogP contribution in [-0.4, -0.2) is 29.3 Å². The Kier molecular flexibility index (Phi) is 4.27. The van der Waals surface area contributed by atoms with Gasteiger partial charge in [0.05, 0.1) is 6.20 Å². The van der Waals surface area contributed by atoms with E-state index in [2.05, 4.69) is 9.82 Å². The van der Waals surface area contributed by atoms with Crippen molar-refractivity contribution in [2.24, 2.45) is 7.05 Å². The summed E-state index contributed by atoms with van der Waals surface area (Å²) in [5.74, 6) is -0.893. The van der Waals surface area contributed by atoms with Crippen LogP contribution < -0.4 is 4.72 Å². The van der Waals surface area contributed by atoms with Gasteiger partial charge in [0.1, 0.15) is 0 Å². The van der Waals surface area contributed by atoms with Crippen molar-refractivity contribution < 1.29 is 18.3 Å². The maximum Gasteiger partial charge on any atom is 0.303 e. The molecule has 0 aliphatic carbocycles. The van der Waals surface area contributed by atoms with Crippen LogP contribution in [0.3, 0.4) is 0 Å². The van der Waals surface area contributed by atoms with Gasteiger partial charge in [-0.15, -0.1) is 0 Å². The summed E-state index contributed by atoms with van der Waals surface area (Å²) in [5.41, 5.74) is 1.14. The molecule has 0 unspecified atom stereocenters. The van der Waals surface area contributed by atoms with Crippen molar-refractivity contribution in [2.75, 3.05) is 4.72 Å². The second-order valence-corrected chi connectivity index (χ2v) is 6.12. The number of hydrogen-bond acceptors (Lipinski definition) is 4. The van der Waals surface area contributed by atoms with Crippen LogP contribution in [0.15, 0.2) is 41.6 Å². The Bertz CT molecular complexity index is 752. The molecule has 1 aromatic heterocycles. The Balaban J connectivity index is 2.18. The highest BCUT2D eigenvalue weighted by Gasteiger charge is 2.18. The van der Waals surface area contributed by atoms with Crippen LogP contribution in [0.1, 0.15) is 12.0 Å². The van der Waals surface area contributed by atoms with Gasteiger partial charge >= 0.3 is 5.97 Å². The average Bonchev–Trinajstić information content (AvgIpc) is 2.83. The molecular weight excluding hydrogens is 294 g/mol. The number of nitrogens with one attached hydrogen (secondary N) is 1. The Morgan fingerprint density at radius 2 is 2.14 bits per heavy atom. The number of sulfonamides is 1. The molecule has 2 aromatic rings. The highest BCUT2D eigenvalue weighted by molar-refractivity contribution is 7.92. The summed E-state index contributed by atoms with van der Waals surface area (Å²) in [5, 5.41) is 12.5. The molecule has 7 nitrogen and oxygen atoms in total. The summed E-state index contributed by atoms with van der Waals surface area (Å²) < 4.78 is 28.1. The summed E-state index contributed by atoms with van der Waals surface area (Å²) in [7, 11) is -2.18. The summed E-state index contributed by atoms with van der Waals surface area (Å²) in [4.78, 5) is 10.6. The van der Waals surface area contributed by atoms with Crippen LogP contribution in [0.4, 0.5) is 5.69 Å². The molecule has 1 aromatic carbocycles. The lowest BCUT2D eigenvalue weighted by molar-refractivity contribution is -0.136. The van der Waals surface area contributed by atoms with Crippen LogP contribution in [-0.2, 0) is 28.3 Å². The van der Waals surface area contributed by atoms with E-state index in [-0.39, 0.29) is 11.4 Å². The first-order valence-corrected chi connectivity index (χ1v) is 7.68. The number of aryl methyl sites for hydroxylation is 2. The molecule has 0 aliphatic rings. The Morgan fingerprint density at radius 3 is 2.76 bits per heavy atom. The van der Waals surface area contributed by atoms with Gasteiger partial charge in [-0.25, -0.2) is 0 Å². The molecule has 112 valence electrons. The zero-order valence-electron chi connectivity index (χ0n) is 11.4. The molecule has 0 spiro atoms. The highest BCUT2D eigenvalue weighted by Crippen LogP contribution is 2.17. The number of aromatic nitrogens is 2. The monoisotopic (exact) mass is 309 g/mol. The third-order valence-electron chi connectivity index (χ3n) is 2.86. The van der Waals surface area contributed by atoms with Gasteiger partial charge in [0, 0.05) is 19.2 Å². The van der Waals surface area contributed by atoms with Crippen LogP contribution in [0.5, 0.6) is 0 Å². The zero-order valence-corrected chi connectivity index (χ0v) is 12.2. The van der Waals surface area contributed by atoms with Crippen molar-refractivity contribution in [3.63, 3.8) is 0 Å². The lowest BCUT2D eigenvalue weighted by Gasteiger charge is -2.09. The van der Waals surface area contributed by atoms with E-state index >= 15 is 0 Å². The topological polar surface area (TPSA) is 101 Å². The SMILES string of the molecule is Cn1nccc1S(=O)(=O)Nc1cccc(CCC(=O)O)c1. The van der Waals surface area contributed by atoms with Crippen LogP contribution >= 0.6 is 0 Å². The van der Waals surface area contributed by atoms with Gasteiger partial charge < -0.3 is 5.11 Å². The van der Waals surface area contributed by atoms with Crippen molar-refractivity contribution in [3.05, 3.63) is 42.1 Å². The molecule has 8 heteroatoms. The highest BCUT2D eigenvalue weighted by atomic mass is 32.2. The minimum atomic E-state index is -3.71. The lowest BCUT2D eigenvalue weighted by atomic mass is 10.1. The first kappa shape index (κ1) is 15.0. The van der Waals surface area contributed by atoms with Gasteiger partial charge in [-0.1, -0.05) is 12.1 Å². The molecule has 0 fully saturated rings. The Hall–Kier alpha value is -2.35. The van der Waals surface area contributed by atoms with Crippen LogP contribution in [0.25, 0.3) is 0 Å². The van der Waals surface area contributed by atoms with Gasteiger partial charge in [-0.2, -0.15) is 13.5 Å². The fraction of sp³-hybridized carbons (Fsp3) is 0.231. The first-order valence-electron chi connectivity index (χ1n) is 6.20. The predicted octanol–water partition coefficient (Wildman–Crippen LogP) is 1.24. The third kappa shape index (κ3) is 3.82. The zero-order chi connectivity index (χ0) is 15.5. The molecule has 0 amide bonds. The first-order chi connectivity index (χ1) is 9.88. The fourth-order valence-corrected chi connectivity index (χ4v) is 3.05. The van der Waals surface area contributed by atoms with Gasteiger partial charge in [0.25, 0.3) is 10.0 Å². The maximum absolute atomic E-state index is 12.2. The molecule has 0 radical (unpaired) electrons. The molecule has 2 N–H and O–H groups in total. The van der Waals surface area contributed by atoms with Crippen molar-refractivity contribution >= 4 is 21.7 Å². The summed E-state index contributed by atoms with van der Waals surface area (Å²) in [6, 6.07) is 8.06. The van der Waals surface area contributed by atoms with Gasteiger partial charge in [0.2, 0.25) is 0 Å². The standard InChI is InChI=1S/C13H15N3O4S/c1-16-12(7-8-14-16)21(19,20)15-11-4-2-3-10(9-11)5-6-13(17)18/h2-4,7-9,15H,5-6H2,1H3,(H,17,18). The van der Waals surface area contributed by atoms with Crippen molar-refractivity contribution in [2.45, 2.75) is 17.9 Å². The van der Waals surface area contributed by atoms with E-state index < -0.39 is 16.0 Å². The van der Waals surface area contributed by atoms with Crippen molar-refractivity contribution in [3.8, 4) is 0 Å². The number of aliphatic carboxylic acids is 1. The van der Waals surface area contributed by atoms with E-state index in [0.29, 0.717) is 12.1 Å². The Labute approximate surface area is 122 Å². The van der Waals surface area contributed by atoms with Gasteiger partial charge in [-0.05, 0) is 30.2 Å². The molecule has 0 bridgehead atoms. The van der Waals surface area contributed by atoms with E-state index in [1.54, 1.807) is 24.3 Å². The number of nitrogens with zero attached hydrogens (tertiary/aromatic N) is 2. The van der Waals surface area contributed by atoms with Crippen LogP contribution in [0, 0.1) is 0 Å².